The topological polar surface area (TPSA) is 59.4 Å². The number of amides is 2. The van der Waals surface area contributed by atoms with Crippen LogP contribution >= 0.6 is 0 Å². The molecule has 6 heteroatoms. The van der Waals surface area contributed by atoms with E-state index in [4.69, 9.17) is 4.74 Å². The first-order valence-electron chi connectivity index (χ1n) is 7.31. The molecule has 2 heterocycles. The van der Waals surface area contributed by atoms with Crippen LogP contribution in [0, 0.1) is 0 Å². The zero-order chi connectivity index (χ0) is 15.2. The molecule has 0 atom stereocenters. The van der Waals surface area contributed by atoms with Gasteiger partial charge in [0.2, 0.25) is 0 Å². The number of ether oxygens (including phenoxy) is 1. The molecule has 1 saturated heterocycles. The van der Waals surface area contributed by atoms with E-state index in [0.29, 0.717) is 32.1 Å². The Hall–Kier alpha value is -2.08. The Labute approximate surface area is 126 Å². The number of nitrogens with zero attached hydrogens (tertiary/aromatic N) is 3. The summed E-state index contributed by atoms with van der Waals surface area (Å²) in [4.78, 5) is 13.9. The molecule has 0 radical (unpaired) electrons. The third kappa shape index (κ3) is 3.33. The molecule has 0 bridgehead atoms. The highest BCUT2D eigenvalue weighted by Gasteiger charge is 2.18. The highest BCUT2D eigenvalue weighted by atomic mass is 16.5. The number of fused-ring (bicyclic) bond motifs is 1. The van der Waals surface area contributed by atoms with E-state index in [1.807, 2.05) is 45.2 Å². The molecule has 1 aromatic heterocycles. The average molecular weight is 292 g/mol. The Morgan fingerprint density at radius 3 is 2.67 bits per heavy atom. The quantitative estimate of drug-likeness (QED) is 0.879. The number of aryl methyl sites for hydroxylation is 1. The van der Waals surface area contributed by atoms with Crippen LogP contribution in [-0.2, 0) is 11.8 Å². The van der Waals surface area contributed by atoms with Gasteiger partial charge in [0.05, 0.1) is 18.7 Å². The first-order chi connectivity index (χ1) is 10.3. The Bertz CT molecular complexity index is 609. The lowest BCUT2D eigenvalue weighted by atomic mass is 10.2. The lowest BCUT2D eigenvalue weighted by Crippen LogP contribution is -2.43. The van der Waals surface area contributed by atoms with Gasteiger partial charge in [-0.05, 0) is 12.1 Å². The number of anilines is 1. The minimum Gasteiger partial charge on any atom is -0.378 e. The molecule has 2 aromatic rings. The molecule has 0 saturated carbocycles. The predicted molar refractivity (Wildman–Crippen MR) is 85.6 cm³/mol. The van der Waals surface area contributed by atoms with Crippen molar-refractivity contribution in [2.75, 3.05) is 31.6 Å². The summed E-state index contributed by atoms with van der Waals surface area (Å²) in [6.45, 7) is 6.43. The van der Waals surface area contributed by atoms with Crippen molar-refractivity contribution in [3.63, 3.8) is 0 Å². The first-order valence-corrected chi connectivity index (χ1v) is 7.31. The SMILES string of the molecule is CC.Cn1nc(NC(=O)N2CCOCC2)c2ccccc21.[HH]. The van der Waals surface area contributed by atoms with Crippen LogP contribution in [0.3, 0.4) is 0 Å². The van der Waals surface area contributed by atoms with Crippen molar-refractivity contribution in [3.05, 3.63) is 24.3 Å². The van der Waals surface area contributed by atoms with Crippen molar-refractivity contribution >= 4 is 22.8 Å². The number of para-hydroxylation sites is 1. The standard InChI is InChI=1S/C13H16N4O2.C2H6.H2/c1-16-11-5-3-2-4-10(11)12(15-16)14-13(18)17-6-8-19-9-7-17;1-2;/h2-5H,6-9H2,1H3,(H,14,15,18);1-2H3;1H. The van der Waals surface area contributed by atoms with Gasteiger partial charge in [0.1, 0.15) is 0 Å². The van der Waals surface area contributed by atoms with Gasteiger partial charge in [-0.15, -0.1) is 0 Å². The maximum absolute atomic E-state index is 12.1. The van der Waals surface area contributed by atoms with Crippen molar-refractivity contribution < 1.29 is 11.0 Å². The summed E-state index contributed by atoms with van der Waals surface area (Å²) in [5.41, 5.74) is 1.000. The van der Waals surface area contributed by atoms with Crippen LogP contribution in [0.5, 0.6) is 0 Å². The van der Waals surface area contributed by atoms with E-state index < -0.39 is 0 Å². The van der Waals surface area contributed by atoms with E-state index in [0.717, 1.165) is 10.9 Å². The summed E-state index contributed by atoms with van der Waals surface area (Å²) in [6, 6.07) is 7.71. The Morgan fingerprint density at radius 1 is 1.29 bits per heavy atom. The van der Waals surface area contributed by atoms with E-state index >= 15 is 0 Å². The van der Waals surface area contributed by atoms with Gasteiger partial charge >= 0.3 is 6.03 Å². The minimum atomic E-state index is -0.118. The second-order valence-corrected chi connectivity index (χ2v) is 4.52. The second kappa shape index (κ2) is 7.08. The lowest BCUT2D eigenvalue weighted by molar-refractivity contribution is 0.0564. The second-order valence-electron chi connectivity index (χ2n) is 4.52. The van der Waals surface area contributed by atoms with E-state index in [1.165, 1.54) is 0 Å². The van der Waals surface area contributed by atoms with Gasteiger partial charge in [0.25, 0.3) is 0 Å². The lowest BCUT2D eigenvalue weighted by Gasteiger charge is -2.26. The molecule has 116 valence electrons. The number of benzene rings is 1. The van der Waals surface area contributed by atoms with Crippen molar-refractivity contribution in [1.82, 2.24) is 14.7 Å². The number of carbonyl (C=O) groups is 1. The molecular formula is C15H24N4O2. The average Bonchev–Trinajstić information content (AvgIpc) is 2.87. The fourth-order valence-electron chi connectivity index (χ4n) is 2.25. The number of carbonyl (C=O) groups excluding carboxylic acids is 1. The Morgan fingerprint density at radius 2 is 1.95 bits per heavy atom. The number of rotatable bonds is 1. The van der Waals surface area contributed by atoms with E-state index in [2.05, 4.69) is 10.4 Å². The number of urea groups is 1. The highest BCUT2D eigenvalue weighted by Crippen LogP contribution is 2.22. The monoisotopic (exact) mass is 292 g/mol. The minimum absolute atomic E-state index is 0. The molecule has 0 unspecified atom stereocenters. The molecular weight excluding hydrogens is 268 g/mol. The normalized spacial score (nSPS) is 14.5. The summed E-state index contributed by atoms with van der Waals surface area (Å²) in [7, 11) is 1.87. The van der Waals surface area contributed by atoms with Gasteiger partial charge in [0.15, 0.2) is 5.82 Å². The summed E-state index contributed by atoms with van der Waals surface area (Å²) < 4.78 is 7.00. The van der Waals surface area contributed by atoms with Crippen LogP contribution in [0.4, 0.5) is 10.6 Å². The van der Waals surface area contributed by atoms with Gasteiger partial charge in [-0.1, -0.05) is 26.0 Å². The van der Waals surface area contributed by atoms with Gasteiger partial charge in [-0.3, -0.25) is 10.00 Å². The van der Waals surface area contributed by atoms with Crippen molar-refractivity contribution in [2.24, 2.45) is 7.05 Å². The molecule has 3 rings (SSSR count). The zero-order valence-electron chi connectivity index (χ0n) is 12.8. The molecule has 1 N–H and O–H groups in total. The first kappa shape index (κ1) is 15.3. The van der Waals surface area contributed by atoms with E-state index in [1.54, 1.807) is 9.58 Å². The summed E-state index contributed by atoms with van der Waals surface area (Å²) in [6.07, 6.45) is 0. The maximum Gasteiger partial charge on any atom is 0.323 e. The maximum atomic E-state index is 12.1. The molecule has 21 heavy (non-hydrogen) atoms. The number of hydrogen-bond donors (Lipinski definition) is 1. The summed E-state index contributed by atoms with van der Waals surface area (Å²) in [5, 5.41) is 8.18. The van der Waals surface area contributed by atoms with Crippen LogP contribution in [0.2, 0.25) is 0 Å². The van der Waals surface area contributed by atoms with Crippen molar-refractivity contribution in [1.29, 1.82) is 0 Å². The van der Waals surface area contributed by atoms with Crippen LogP contribution in [-0.4, -0.2) is 47.0 Å². The zero-order valence-corrected chi connectivity index (χ0v) is 12.8. The third-order valence-corrected chi connectivity index (χ3v) is 3.28. The fraction of sp³-hybridized carbons (Fsp3) is 0.467. The third-order valence-electron chi connectivity index (χ3n) is 3.28. The Balaban J connectivity index is 0.000000775. The number of hydrogen-bond acceptors (Lipinski definition) is 3. The molecule has 0 aliphatic carbocycles. The van der Waals surface area contributed by atoms with Crippen LogP contribution in [0.25, 0.3) is 10.9 Å². The Kier molecular flexibility index (Phi) is 5.16. The van der Waals surface area contributed by atoms with Crippen LogP contribution in [0.1, 0.15) is 15.3 Å². The molecule has 1 aromatic carbocycles. The van der Waals surface area contributed by atoms with E-state index in [9.17, 15) is 4.79 Å². The van der Waals surface area contributed by atoms with Crippen molar-refractivity contribution in [2.45, 2.75) is 13.8 Å². The molecule has 1 aliphatic rings. The molecule has 1 aliphatic heterocycles. The number of aromatic nitrogens is 2. The van der Waals surface area contributed by atoms with Gasteiger partial charge in [-0.25, -0.2) is 4.79 Å². The molecule has 2 amide bonds. The smallest absolute Gasteiger partial charge is 0.323 e. The van der Waals surface area contributed by atoms with E-state index in [-0.39, 0.29) is 7.46 Å². The summed E-state index contributed by atoms with van der Waals surface area (Å²) >= 11 is 0. The van der Waals surface area contributed by atoms with Gasteiger partial charge in [-0.2, -0.15) is 5.10 Å². The molecule has 1 fully saturated rings. The van der Waals surface area contributed by atoms with Crippen LogP contribution < -0.4 is 5.32 Å². The molecule has 6 nitrogen and oxygen atoms in total. The highest BCUT2D eigenvalue weighted by molar-refractivity contribution is 5.99. The van der Waals surface area contributed by atoms with Gasteiger partial charge < -0.3 is 9.64 Å². The van der Waals surface area contributed by atoms with Crippen molar-refractivity contribution in [3.8, 4) is 0 Å². The number of nitrogens with one attached hydrogen (secondary N) is 1. The summed E-state index contributed by atoms with van der Waals surface area (Å²) in [5.74, 6) is 0.606. The largest absolute Gasteiger partial charge is 0.378 e. The number of morpholine rings is 1. The fourth-order valence-corrected chi connectivity index (χ4v) is 2.25. The van der Waals surface area contributed by atoms with Gasteiger partial charge in [0, 0.05) is 27.0 Å². The van der Waals surface area contributed by atoms with Crippen LogP contribution in [0.15, 0.2) is 24.3 Å². The predicted octanol–water partition coefficient (Wildman–Crippen LogP) is 2.71. The molecule has 0 spiro atoms.